The van der Waals surface area contributed by atoms with E-state index in [0.29, 0.717) is 37.9 Å². The predicted octanol–water partition coefficient (Wildman–Crippen LogP) is 0.769. The van der Waals surface area contributed by atoms with Crippen LogP contribution in [0.4, 0.5) is 0 Å². The molecule has 1 aromatic rings. The number of nitrogens with zero attached hydrogens (tertiary/aromatic N) is 2. The quantitative estimate of drug-likeness (QED) is 0.558. The molecule has 0 atom stereocenters. The van der Waals surface area contributed by atoms with E-state index >= 15 is 0 Å². The van der Waals surface area contributed by atoms with Gasteiger partial charge in [0.15, 0.2) is 0 Å². The summed E-state index contributed by atoms with van der Waals surface area (Å²) in [5, 5.41) is 7.97. The van der Waals surface area contributed by atoms with Crippen molar-refractivity contribution in [3.05, 3.63) is 16.8 Å². The molecule has 6 nitrogen and oxygen atoms in total. The Morgan fingerprint density at radius 2 is 1.84 bits per heavy atom. The average molecular weight is 285 g/mol. The average Bonchev–Trinajstić information content (AvgIpc) is 2.37. The largest absolute Gasteiger partial charge is 0.474 e. The van der Waals surface area contributed by atoms with Gasteiger partial charge in [0.2, 0.25) is 5.88 Å². The first-order valence-electron chi connectivity index (χ1n) is 5.91. The molecule has 0 unspecified atom stereocenters. The normalized spacial score (nSPS) is 10.5. The van der Waals surface area contributed by atoms with Crippen molar-refractivity contribution >= 4 is 17.2 Å². The first-order chi connectivity index (χ1) is 9.07. The van der Waals surface area contributed by atoms with Gasteiger partial charge in [-0.1, -0.05) is 12.2 Å². The number of rotatable bonds is 8. The summed E-state index contributed by atoms with van der Waals surface area (Å²) < 4.78 is 15.7. The molecular weight excluding hydrogens is 266 g/mol. The topological polar surface area (TPSA) is 79.5 Å². The lowest BCUT2D eigenvalue weighted by molar-refractivity contribution is 0.0534. The van der Waals surface area contributed by atoms with E-state index in [0.717, 1.165) is 11.3 Å². The zero-order chi connectivity index (χ0) is 14.3. The number of hydrogen-bond acceptors (Lipinski definition) is 6. The summed E-state index contributed by atoms with van der Waals surface area (Å²) in [6, 6.07) is 0. The highest BCUT2D eigenvalue weighted by molar-refractivity contribution is 7.80. The Kier molecular flexibility index (Phi) is 6.61. The van der Waals surface area contributed by atoms with Gasteiger partial charge < -0.3 is 19.9 Å². The van der Waals surface area contributed by atoms with Crippen LogP contribution < -0.4 is 10.5 Å². The molecule has 0 amide bonds. The Morgan fingerprint density at radius 3 is 2.47 bits per heavy atom. The van der Waals surface area contributed by atoms with E-state index in [9.17, 15) is 0 Å². The van der Waals surface area contributed by atoms with Crippen LogP contribution in [0.2, 0.25) is 0 Å². The van der Waals surface area contributed by atoms with E-state index in [1.165, 1.54) is 0 Å². The molecule has 7 heteroatoms. The van der Waals surface area contributed by atoms with E-state index in [-0.39, 0.29) is 4.99 Å². The summed E-state index contributed by atoms with van der Waals surface area (Å²) in [4.78, 5) is 0.255. The Bertz CT molecular complexity index is 440. The van der Waals surface area contributed by atoms with E-state index in [1.807, 2.05) is 13.8 Å². The second kappa shape index (κ2) is 7.98. The number of nitrogens with two attached hydrogens (primary N) is 1. The molecule has 0 spiro atoms. The predicted molar refractivity (Wildman–Crippen MR) is 75.6 cm³/mol. The molecule has 0 aliphatic heterocycles. The Morgan fingerprint density at radius 1 is 1.16 bits per heavy atom. The molecule has 0 aromatic carbocycles. The van der Waals surface area contributed by atoms with Crippen LogP contribution in [0.3, 0.4) is 0 Å². The minimum absolute atomic E-state index is 0.255. The minimum atomic E-state index is 0.255. The van der Waals surface area contributed by atoms with Crippen molar-refractivity contribution < 1.29 is 14.2 Å². The second-order valence-corrected chi connectivity index (χ2v) is 4.35. The number of thiocarbonyl (C=S) groups is 1. The van der Waals surface area contributed by atoms with Crippen LogP contribution >= 0.6 is 12.2 Å². The van der Waals surface area contributed by atoms with Crippen molar-refractivity contribution in [1.82, 2.24) is 10.2 Å². The third kappa shape index (κ3) is 4.70. The van der Waals surface area contributed by atoms with E-state index in [4.69, 9.17) is 32.2 Å². The van der Waals surface area contributed by atoms with Crippen LogP contribution in [-0.2, 0) is 9.47 Å². The summed E-state index contributed by atoms with van der Waals surface area (Å²) in [5.41, 5.74) is 8.00. The van der Waals surface area contributed by atoms with E-state index < -0.39 is 0 Å². The first-order valence-corrected chi connectivity index (χ1v) is 6.32. The maximum absolute atomic E-state index is 5.69. The summed E-state index contributed by atoms with van der Waals surface area (Å²) in [6.07, 6.45) is 0. The zero-order valence-electron chi connectivity index (χ0n) is 11.4. The lowest BCUT2D eigenvalue weighted by Crippen LogP contribution is -2.18. The highest BCUT2D eigenvalue weighted by Crippen LogP contribution is 2.20. The van der Waals surface area contributed by atoms with Crippen LogP contribution in [0.15, 0.2) is 0 Å². The van der Waals surface area contributed by atoms with E-state index in [1.54, 1.807) is 7.11 Å². The summed E-state index contributed by atoms with van der Waals surface area (Å²) >= 11 is 5.02. The smallest absolute Gasteiger partial charge is 0.244 e. The van der Waals surface area contributed by atoms with Gasteiger partial charge in [-0.2, -0.15) is 5.10 Å². The Balaban J connectivity index is 2.58. The third-order valence-corrected chi connectivity index (χ3v) is 2.77. The Labute approximate surface area is 118 Å². The fraction of sp³-hybridized carbons (Fsp3) is 0.583. The number of aromatic nitrogens is 2. The molecule has 0 saturated carbocycles. The highest BCUT2D eigenvalue weighted by Gasteiger charge is 2.14. The number of ether oxygens (including phenoxy) is 3. The molecule has 1 heterocycles. The second-order valence-electron chi connectivity index (χ2n) is 3.91. The fourth-order valence-electron chi connectivity index (χ4n) is 1.42. The van der Waals surface area contributed by atoms with Gasteiger partial charge in [-0.15, -0.1) is 5.10 Å². The molecule has 0 aliphatic carbocycles. The summed E-state index contributed by atoms with van der Waals surface area (Å²) in [7, 11) is 1.62. The zero-order valence-corrected chi connectivity index (χ0v) is 12.2. The van der Waals surface area contributed by atoms with Gasteiger partial charge in [0, 0.05) is 7.11 Å². The van der Waals surface area contributed by atoms with Crippen LogP contribution in [0.1, 0.15) is 16.8 Å². The lowest BCUT2D eigenvalue weighted by Gasteiger charge is -2.12. The van der Waals surface area contributed by atoms with Gasteiger partial charge in [0.1, 0.15) is 11.6 Å². The van der Waals surface area contributed by atoms with Crippen molar-refractivity contribution in [3.8, 4) is 5.88 Å². The molecule has 0 aliphatic rings. The molecular formula is C12H19N3O3S. The van der Waals surface area contributed by atoms with Crippen molar-refractivity contribution in [3.63, 3.8) is 0 Å². The molecule has 0 fully saturated rings. The molecule has 0 saturated heterocycles. The van der Waals surface area contributed by atoms with Gasteiger partial charge >= 0.3 is 0 Å². The first kappa shape index (κ1) is 15.7. The fourth-order valence-corrected chi connectivity index (χ4v) is 1.66. The summed E-state index contributed by atoms with van der Waals surface area (Å²) in [6.45, 7) is 5.62. The molecule has 1 rings (SSSR count). The van der Waals surface area contributed by atoms with Gasteiger partial charge in [0.25, 0.3) is 0 Å². The Hall–Kier alpha value is -1.31. The molecule has 1 aromatic heterocycles. The third-order valence-electron chi connectivity index (χ3n) is 2.57. The standard InChI is InChI=1S/C12H19N3O3S/c1-8-9(2)14-15-12(10(8)11(13)19)18-7-6-17-5-4-16-3/h4-7H2,1-3H3,(H2,13,19). The number of hydrogen-bond donors (Lipinski definition) is 1. The molecule has 0 bridgehead atoms. The van der Waals surface area contributed by atoms with Crippen LogP contribution in [0.25, 0.3) is 0 Å². The van der Waals surface area contributed by atoms with Crippen molar-refractivity contribution in [1.29, 1.82) is 0 Å². The van der Waals surface area contributed by atoms with E-state index in [2.05, 4.69) is 10.2 Å². The van der Waals surface area contributed by atoms with Crippen molar-refractivity contribution in [2.75, 3.05) is 33.5 Å². The molecule has 19 heavy (non-hydrogen) atoms. The lowest BCUT2D eigenvalue weighted by atomic mass is 10.1. The van der Waals surface area contributed by atoms with Crippen LogP contribution in [0.5, 0.6) is 5.88 Å². The minimum Gasteiger partial charge on any atom is -0.474 e. The van der Waals surface area contributed by atoms with Crippen molar-refractivity contribution in [2.45, 2.75) is 13.8 Å². The monoisotopic (exact) mass is 285 g/mol. The van der Waals surface area contributed by atoms with Crippen molar-refractivity contribution in [2.24, 2.45) is 5.73 Å². The SMILES string of the molecule is COCCOCCOc1nnc(C)c(C)c1C(N)=S. The molecule has 0 radical (unpaired) electrons. The molecule has 106 valence electrons. The maximum Gasteiger partial charge on any atom is 0.244 e. The van der Waals surface area contributed by atoms with Gasteiger partial charge in [0.05, 0.1) is 31.1 Å². The van der Waals surface area contributed by atoms with Crippen LogP contribution in [-0.4, -0.2) is 48.7 Å². The highest BCUT2D eigenvalue weighted by atomic mass is 32.1. The van der Waals surface area contributed by atoms with Gasteiger partial charge in [-0.05, 0) is 19.4 Å². The number of aryl methyl sites for hydroxylation is 1. The van der Waals surface area contributed by atoms with Gasteiger partial charge in [-0.25, -0.2) is 0 Å². The van der Waals surface area contributed by atoms with Gasteiger partial charge in [-0.3, -0.25) is 0 Å². The summed E-state index contributed by atoms with van der Waals surface area (Å²) in [5.74, 6) is 0.353. The van der Waals surface area contributed by atoms with Crippen LogP contribution in [0, 0.1) is 13.8 Å². The molecule has 2 N–H and O–H groups in total. The number of methoxy groups -OCH3 is 1. The maximum atomic E-state index is 5.69.